The Morgan fingerprint density at radius 2 is 1.41 bits per heavy atom. The highest BCUT2D eigenvalue weighted by Gasteiger charge is 2.21. The fraction of sp³-hybridized carbons (Fsp3) is 0.294. The molecule has 10 heteroatoms. The number of carbonyl (C=O) groups is 1. The van der Waals surface area contributed by atoms with Crippen molar-refractivity contribution >= 4 is 22.9 Å². The number of hydrogen-bond acceptors (Lipinski definition) is 6. The van der Waals surface area contributed by atoms with Crippen molar-refractivity contribution in [2.45, 2.75) is 47.6 Å². The first-order valence-electron chi connectivity index (χ1n) is 12.6. The lowest BCUT2D eigenvalue weighted by Crippen LogP contribution is -2.26. The average Bonchev–Trinajstić information content (AvgIpc) is 3.37. The molecule has 10 nitrogen and oxygen atoms in total. The Morgan fingerprint density at radius 3 is 1.80 bits per heavy atom. The third-order valence-corrected chi connectivity index (χ3v) is 5.01. The largest absolute Gasteiger partial charge is 0.497 e. The standard InChI is InChI=1S/C17H25N3O2.C17H4.HN3.O2.10H2/c1-10(2)12(5)16(21)19-17-18-14-8-7-13(22-6)9-15(14)20(17)11(3)4;1-3-5-7-9-11-13-15-17-16-14-12-10-8-6-4-2;1-3-2;1-2;;;;;;;;;;/h7-12H,1-6H3,(H,18,19,21);1H,2H3;1H;;10*1H/t12-;;;;;;;;;;;;;/m0............./s1. The highest BCUT2D eigenvalue weighted by atomic mass is 16.7. The fourth-order valence-corrected chi connectivity index (χ4v) is 2.78. The van der Waals surface area contributed by atoms with Gasteiger partial charge in [0, 0.05) is 42.2 Å². The highest BCUT2D eigenvalue weighted by Crippen LogP contribution is 2.28. The summed E-state index contributed by atoms with van der Waals surface area (Å²) in [4.78, 5) is 32.7. The van der Waals surface area contributed by atoms with Crippen LogP contribution in [0.25, 0.3) is 21.5 Å². The third kappa shape index (κ3) is 16.5. The molecule has 1 heterocycles. The Hall–Kier alpha value is -6.65. The lowest BCUT2D eigenvalue weighted by atomic mass is 9.97. The van der Waals surface area contributed by atoms with Gasteiger partial charge in [-0.25, -0.2) is 4.98 Å². The molecule has 2 aromatic rings. The number of hydrogen-bond donors (Lipinski definition) is 2. The van der Waals surface area contributed by atoms with Crippen molar-refractivity contribution in [3.05, 3.63) is 38.6 Å². The maximum absolute atomic E-state index is 12.3. The summed E-state index contributed by atoms with van der Waals surface area (Å²) >= 11 is 0. The van der Waals surface area contributed by atoms with Gasteiger partial charge in [0.2, 0.25) is 11.9 Å². The van der Waals surface area contributed by atoms with E-state index in [0.717, 1.165) is 16.8 Å². The normalized spacial score (nSPS) is 8.18. The van der Waals surface area contributed by atoms with Gasteiger partial charge in [0.15, 0.2) is 0 Å². The predicted octanol–water partition coefficient (Wildman–Crippen LogP) is 7.92. The van der Waals surface area contributed by atoms with Crippen LogP contribution in [0.4, 0.5) is 5.95 Å². The van der Waals surface area contributed by atoms with E-state index in [-0.39, 0.29) is 38.1 Å². The molecule has 0 radical (unpaired) electrons. The van der Waals surface area contributed by atoms with Gasteiger partial charge in [-0.2, -0.15) is 0 Å². The minimum atomic E-state index is -0.0602. The quantitative estimate of drug-likeness (QED) is 0.153. The number of nitrogens with one attached hydrogen (secondary N) is 2. The number of fused-ring (bicyclic) bond motifs is 1. The van der Waals surface area contributed by atoms with Crippen LogP contribution in [0.3, 0.4) is 0 Å². The Balaban J connectivity index is -0.0000000508. The van der Waals surface area contributed by atoms with Crippen molar-refractivity contribution in [3.63, 3.8) is 0 Å². The highest BCUT2D eigenvalue weighted by molar-refractivity contribution is 5.93. The minimum Gasteiger partial charge on any atom is -0.497 e. The molecule has 0 aliphatic heterocycles. The van der Waals surface area contributed by atoms with E-state index >= 15 is 0 Å². The number of nitrogens with zero attached hydrogens (tertiary/aromatic N) is 4. The predicted molar refractivity (Wildman–Crippen MR) is 196 cm³/mol. The number of methoxy groups -OCH3 is 1. The summed E-state index contributed by atoms with van der Waals surface area (Å²) in [6, 6.07) is 5.92. The molecule has 0 spiro atoms. The van der Waals surface area contributed by atoms with E-state index in [1.807, 2.05) is 43.5 Å². The van der Waals surface area contributed by atoms with Gasteiger partial charge >= 0.3 is 0 Å². The number of anilines is 1. The van der Waals surface area contributed by atoms with Crippen LogP contribution in [-0.4, -0.2) is 22.6 Å². The lowest BCUT2D eigenvalue weighted by molar-refractivity contribution is -0.120. The number of terminal acetylenes is 1. The summed E-state index contributed by atoms with van der Waals surface area (Å²) in [5, 5.41) is 2.97. The van der Waals surface area contributed by atoms with E-state index in [0.29, 0.717) is 5.95 Å². The second kappa shape index (κ2) is 25.3. The van der Waals surface area contributed by atoms with E-state index in [9.17, 15) is 4.79 Å². The molecule has 0 saturated heterocycles. The molecule has 44 heavy (non-hydrogen) atoms. The molecule has 1 atom stereocenters. The van der Waals surface area contributed by atoms with Crippen molar-refractivity contribution in [2.24, 2.45) is 11.8 Å². The van der Waals surface area contributed by atoms with Crippen molar-refractivity contribution in [2.75, 3.05) is 12.4 Å². The number of imidazole rings is 1. The van der Waals surface area contributed by atoms with E-state index in [2.05, 4.69) is 113 Å². The zero-order valence-electron chi connectivity index (χ0n) is 25.5. The summed E-state index contributed by atoms with van der Waals surface area (Å²) in [7, 11) is 1.64. The van der Waals surface area contributed by atoms with Crippen molar-refractivity contribution in [1.29, 1.82) is 5.53 Å². The molecule has 0 aliphatic rings. The van der Waals surface area contributed by atoms with E-state index in [4.69, 9.17) is 32.2 Å². The van der Waals surface area contributed by atoms with E-state index in [1.54, 1.807) is 18.9 Å². The number of ether oxygens (including phenoxy) is 1. The zero-order chi connectivity index (χ0) is 33.8. The molecule has 1 amide bonds. The Morgan fingerprint density at radius 1 is 0.955 bits per heavy atom. The Labute approximate surface area is 273 Å². The number of aromatic nitrogens is 2. The molecule has 0 aliphatic carbocycles. The monoisotopic (exact) mass is 606 g/mol. The Bertz CT molecular complexity index is 1830. The van der Waals surface area contributed by atoms with Crippen LogP contribution in [0.5, 0.6) is 5.75 Å². The fourth-order valence-electron chi connectivity index (χ4n) is 2.78. The minimum absolute atomic E-state index is 0. The lowest BCUT2D eigenvalue weighted by Gasteiger charge is -2.17. The summed E-state index contributed by atoms with van der Waals surface area (Å²) < 4.78 is 7.32. The van der Waals surface area contributed by atoms with Crippen LogP contribution in [0, 0.1) is 123 Å². The smallest absolute Gasteiger partial charge is 0.229 e. The number of carbonyl (C=O) groups excluding carboxylic acids is 1. The topological polar surface area (TPSA) is 151 Å². The first kappa shape index (κ1) is 39.5. The summed E-state index contributed by atoms with van der Waals surface area (Å²) in [6.45, 7) is 11.9. The van der Waals surface area contributed by atoms with Crippen molar-refractivity contribution in [3.8, 4) is 101 Å². The first-order chi connectivity index (χ1) is 21.2. The third-order valence-electron chi connectivity index (χ3n) is 5.01. The van der Waals surface area contributed by atoms with Gasteiger partial charge in [0.25, 0.3) is 0 Å². The van der Waals surface area contributed by atoms with Crippen LogP contribution in [-0.2, 0) is 4.79 Å². The summed E-state index contributed by atoms with van der Waals surface area (Å²) in [6.07, 6.45) is 4.88. The van der Waals surface area contributed by atoms with Gasteiger partial charge in [-0.1, -0.05) is 26.7 Å². The summed E-state index contributed by atoms with van der Waals surface area (Å²) in [5.41, 5.74) is 14.1. The van der Waals surface area contributed by atoms with Gasteiger partial charge < -0.3 is 9.30 Å². The molecule has 0 saturated carbocycles. The summed E-state index contributed by atoms with van der Waals surface area (Å²) in [5.74, 6) is 38.5. The van der Waals surface area contributed by atoms with Gasteiger partial charge in [-0.3, -0.25) is 10.1 Å². The number of amides is 1. The van der Waals surface area contributed by atoms with Gasteiger partial charge in [0.1, 0.15) is 5.75 Å². The van der Waals surface area contributed by atoms with Gasteiger partial charge in [0.05, 0.1) is 18.1 Å². The van der Waals surface area contributed by atoms with E-state index < -0.39 is 0 Å². The molecular formula is C34H50N6O4. The molecular weight excluding hydrogens is 556 g/mol. The molecule has 2 rings (SSSR count). The number of benzene rings is 1. The van der Waals surface area contributed by atoms with Gasteiger partial charge in [-0.05, 0) is 132 Å². The van der Waals surface area contributed by atoms with Gasteiger partial charge in [-0.15, -0.1) is 12.0 Å². The van der Waals surface area contributed by atoms with Crippen LogP contribution in [0.15, 0.2) is 18.2 Å². The molecule has 1 aromatic heterocycles. The number of rotatable bonds is 5. The molecule has 2 N–H and O–H groups in total. The second-order valence-electron chi connectivity index (χ2n) is 8.40. The first-order valence-corrected chi connectivity index (χ1v) is 12.6. The zero-order valence-corrected chi connectivity index (χ0v) is 25.5. The average molecular weight is 607 g/mol. The maximum Gasteiger partial charge on any atom is 0.229 e. The molecule has 0 fully saturated rings. The van der Waals surface area contributed by atoms with E-state index in [1.165, 1.54) is 0 Å². The van der Waals surface area contributed by atoms with Crippen LogP contribution < -0.4 is 10.1 Å². The molecule has 0 bridgehead atoms. The SMILES string of the molecule is C#CC#CC#CC#CC#CC#CC#CC#CC.COc1ccc2nc(NC(=O)[C@@H](C)C(C)C)n(C(C)C)c2c1.O=O.[HH].[HH].[HH].[HH].[HH].[HH].[HH].[HH].[HH].[HH].[N-]=[N+]=N. The van der Waals surface area contributed by atoms with Crippen molar-refractivity contribution < 1.29 is 23.8 Å². The molecule has 1 aromatic carbocycles. The van der Waals surface area contributed by atoms with Crippen LogP contribution >= 0.6 is 0 Å². The molecule has 240 valence electrons. The van der Waals surface area contributed by atoms with Crippen LogP contribution in [0.1, 0.15) is 61.9 Å². The second-order valence-corrected chi connectivity index (χ2v) is 8.40. The van der Waals surface area contributed by atoms with Crippen LogP contribution in [0.2, 0.25) is 0 Å². The Kier molecular flexibility index (Phi) is 22.7. The molecule has 0 unspecified atom stereocenters. The maximum atomic E-state index is 12.3. The van der Waals surface area contributed by atoms with Crippen molar-refractivity contribution in [1.82, 2.24) is 9.55 Å².